The highest BCUT2D eigenvalue weighted by atomic mass is 16.5. The summed E-state index contributed by atoms with van der Waals surface area (Å²) >= 11 is 0. The molecule has 0 radical (unpaired) electrons. The van der Waals surface area contributed by atoms with Crippen molar-refractivity contribution in [1.29, 1.82) is 0 Å². The van der Waals surface area contributed by atoms with Gasteiger partial charge in [-0.2, -0.15) is 0 Å². The third-order valence-electron chi connectivity index (χ3n) is 4.48. The second-order valence-corrected chi connectivity index (χ2v) is 6.07. The van der Waals surface area contributed by atoms with Gasteiger partial charge in [-0.25, -0.2) is 9.97 Å². The van der Waals surface area contributed by atoms with Gasteiger partial charge >= 0.3 is 0 Å². The average Bonchev–Trinajstić information content (AvgIpc) is 2.68. The van der Waals surface area contributed by atoms with E-state index in [4.69, 9.17) is 10.5 Å². The van der Waals surface area contributed by atoms with Crippen molar-refractivity contribution in [1.82, 2.24) is 15.0 Å². The maximum absolute atomic E-state index is 6.03. The SMILES string of the molecule is COc1ccc(C)c(-c2ncccc2-c2ccc3ncnc(N)c3c2)c1. The molecule has 2 N–H and O–H groups in total. The van der Waals surface area contributed by atoms with Gasteiger partial charge in [-0.15, -0.1) is 0 Å². The largest absolute Gasteiger partial charge is 0.497 e. The minimum absolute atomic E-state index is 0.472. The van der Waals surface area contributed by atoms with E-state index in [2.05, 4.69) is 27.9 Å². The van der Waals surface area contributed by atoms with Crippen LogP contribution in [0, 0.1) is 6.92 Å². The van der Waals surface area contributed by atoms with Gasteiger partial charge in [0.2, 0.25) is 0 Å². The van der Waals surface area contributed by atoms with E-state index in [0.717, 1.165) is 44.6 Å². The third-order valence-corrected chi connectivity index (χ3v) is 4.48. The van der Waals surface area contributed by atoms with Crippen molar-refractivity contribution in [2.24, 2.45) is 0 Å². The van der Waals surface area contributed by atoms with E-state index in [1.807, 2.05) is 42.5 Å². The van der Waals surface area contributed by atoms with Gasteiger partial charge < -0.3 is 10.5 Å². The molecule has 0 saturated carbocycles. The predicted molar refractivity (Wildman–Crippen MR) is 104 cm³/mol. The van der Waals surface area contributed by atoms with Crippen molar-refractivity contribution in [2.75, 3.05) is 12.8 Å². The molecule has 26 heavy (non-hydrogen) atoms. The lowest BCUT2D eigenvalue weighted by atomic mass is 9.95. The van der Waals surface area contributed by atoms with E-state index in [1.165, 1.54) is 6.33 Å². The number of nitrogens with two attached hydrogens (primary N) is 1. The number of aryl methyl sites for hydroxylation is 1. The molecule has 0 saturated heterocycles. The van der Waals surface area contributed by atoms with Crippen LogP contribution in [0.1, 0.15) is 5.56 Å². The van der Waals surface area contributed by atoms with Crippen molar-refractivity contribution >= 4 is 16.7 Å². The van der Waals surface area contributed by atoms with Crippen molar-refractivity contribution < 1.29 is 4.74 Å². The molecule has 4 aromatic rings. The van der Waals surface area contributed by atoms with Gasteiger partial charge in [0.1, 0.15) is 17.9 Å². The van der Waals surface area contributed by atoms with Gasteiger partial charge in [0, 0.05) is 22.7 Å². The number of aromatic nitrogens is 3. The Morgan fingerprint density at radius 1 is 0.923 bits per heavy atom. The smallest absolute Gasteiger partial charge is 0.134 e. The second-order valence-electron chi connectivity index (χ2n) is 6.07. The lowest BCUT2D eigenvalue weighted by Gasteiger charge is -2.13. The lowest BCUT2D eigenvalue weighted by Crippen LogP contribution is -1.95. The summed E-state index contributed by atoms with van der Waals surface area (Å²) in [6.07, 6.45) is 3.28. The average molecular weight is 342 g/mol. The maximum atomic E-state index is 6.03. The minimum Gasteiger partial charge on any atom is -0.497 e. The molecule has 0 fully saturated rings. The monoisotopic (exact) mass is 342 g/mol. The van der Waals surface area contributed by atoms with Crippen LogP contribution in [0.4, 0.5) is 5.82 Å². The summed E-state index contributed by atoms with van der Waals surface area (Å²) < 4.78 is 5.39. The topological polar surface area (TPSA) is 73.9 Å². The number of ether oxygens (including phenoxy) is 1. The first-order valence-corrected chi connectivity index (χ1v) is 8.28. The van der Waals surface area contributed by atoms with E-state index < -0.39 is 0 Å². The first-order valence-electron chi connectivity index (χ1n) is 8.28. The van der Waals surface area contributed by atoms with E-state index in [1.54, 1.807) is 13.3 Å². The molecular formula is C21H18N4O. The number of methoxy groups -OCH3 is 1. The van der Waals surface area contributed by atoms with Crippen molar-refractivity contribution in [3.05, 3.63) is 66.6 Å². The van der Waals surface area contributed by atoms with Gasteiger partial charge in [0.15, 0.2) is 0 Å². The van der Waals surface area contributed by atoms with Crippen LogP contribution in [0.3, 0.4) is 0 Å². The summed E-state index contributed by atoms with van der Waals surface area (Å²) in [5.41, 5.74) is 12.0. The van der Waals surface area contributed by atoms with Gasteiger partial charge in [-0.05, 0) is 48.4 Å². The quantitative estimate of drug-likeness (QED) is 0.602. The van der Waals surface area contributed by atoms with E-state index >= 15 is 0 Å². The summed E-state index contributed by atoms with van der Waals surface area (Å²) in [7, 11) is 1.67. The Bertz CT molecular complexity index is 1110. The Morgan fingerprint density at radius 2 is 1.81 bits per heavy atom. The number of hydrogen-bond donors (Lipinski definition) is 1. The Hall–Kier alpha value is -3.47. The molecule has 0 aliphatic carbocycles. The predicted octanol–water partition coefficient (Wildman–Crippen LogP) is 4.26. The molecule has 2 heterocycles. The molecule has 2 aromatic heterocycles. The van der Waals surface area contributed by atoms with E-state index in [0.29, 0.717) is 5.82 Å². The number of nitrogen functional groups attached to an aromatic ring is 1. The Morgan fingerprint density at radius 3 is 2.65 bits per heavy atom. The van der Waals surface area contributed by atoms with E-state index in [-0.39, 0.29) is 0 Å². The first-order chi connectivity index (χ1) is 12.7. The van der Waals surface area contributed by atoms with Crippen LogP contribution >= 0.6 is 0 Å². The fourth-order valence-corrected chi connectivity index (χ4v) is 3.08. The van der Waals surface area contributed by atoms with Gasteiger partial charge in [-0.1, -0.05) is 18.2 Å². The zero-order valence-electron chi connectivity index (χ0n) is 14.6. The van der Waals surface area contributed by atoms with Crippen LogP contribution in [0.25, 0.3) is 33.3 Å². The number of rotatable bonds is 3. The fraction of sp³-hybridized carbons (Fsp3) is 0.0952. The van der Waals surface area contributed by atoms with Crippen molar-refractivity contribution in [3.8, 4) is 28.1 Å². The molecule has 2 aromatic carbocycles. The molecule has 5 nitrogen and oxygen atoms in total. The van der Waals surface area contributed by atoms with Crippen LogP contribution in [-0.2, 0) is 0 Å². The van der Waals surface area contributed by atoms with Gasteiger partial charge in [0.25, 0.3) is 0 Å². The highest BCUT2D eigenvalue weighted by Gasteiger charge is 2.13. The fourth-order valence-electron chi connectivity index (χ4n) is 3.08. The molecule has 0 amide bonds. The number of benzene rings is 2. The number of pyridine rings is 1. The number of hydrogen-bond acceptors (Lipinski definition) is 5. The standard InChI is InChI=1S/C21H18N4O/c1-13-5-7-15(26-2)11-17(13)20-16(4-3-9-23-20)14-6-8-19-18(10-14)21(22)25-12-24-19/h3-12H,1-2H3,(H2,22,24,25). The molecule has 0 spiro atoms. The van der Waals surface area contributed by atoms with Crippen LogP contribution in [0.15, 0.2) is 61.1 Å². The number of anilines is 1. The highest BCUT2D eigenvalue weighted by Crippen LogP contribution is 2.35. The Labute approximate surface area is 151 Å². The second kappa shape index (κ2) is 6.44. The zero-order valence-corrected chi connectivity index (χ0v) is 14.6. The van der Waals surface area contributed by atoms with Crippen molar-refractivity contribution in [2.45, 2.75) is 6.92 Å². The molecule has 5 heteroatoms. The summed E-state index contributed by atoms with van der Waals surface area (Å²) in [6.45, 7) is 2.07. The van der Waals surface area contributed by atoms with Gasteiger partial charge in [0.05, 0.1) is 18.3 Å². The molecule has 4 rings (SSSR count). The first kappa shape index (κ1) is 16.0. The van der Waals surface area contributed by atoms with Crippen LogP contribution in [-0.4, -0.2) is 22.1 Å². The number of fused-ring (bicyclic) bond motifs is 1. The molecule has 0 unspecified atom stereocenters. The lowest BCUT2D eigenvalue weighted by molar-refractivity contribution is 0.415. The molecular weight excluding hydrogens is 324 g/mol. The van der Waals surface area contributed by atoms with Crippen molar-refractivity contribution in [3.63, 3.8) is 0 Å². The Kier molecular flexibility index (Phi) is 3.97. The third kappa shape index (κ3) is 2.73. The highest BCUT2D eigenvalue weighted by molar-refractivity contribution is 5.93. The van der Waals surface area contributed by atoms with Crippen LogP contribution < -0.4 is 10.5 Å². The molecule has 0 atom stereocenters. The Balaban J connectivity index is 1.94. The zero-order chi connectivity index (χ0) is 18.1. The van der Waals surface area contributed by atoms with Crippen LogP contribution in [0.2, 0.25) is 0 Å². The number of nitrogens with zero attached hydrogens (tertiary/aromatic N) is 3. The van der Waals surface area contributed by atoms with E-state index in [9.17, 15) is 0 Å². The molecule has 0 bridgehead atoms. The molecule has 0 aliphatic rings. The van der Waals surface area contributed by atoms with Gasteiger partial charge in [-0.3, -0.25) is 4.98 Å². The molecule has 128 valence electrons. The maximum Gasteiger partial charge on any atom is 0.134 e. The summed E-state index contributed by atoms with van der Waals surface area (Å²) in [4.78, 5) is 13.0. The van der Waals surface area contributed by atoms with Crippen LogP contribution in [0.5, 0.6) is 5.75 Å². The summed E-state index contributed by atoms with van der Waals surface area (Å²) in [5, 5.41) is 0.835. The summed E-state index contributed by atoms with van der Waals surface area (Å²) in [5.74, 6) is 1.28. The normalized spacial score (nSPS) is 10.8. The molecule has 0 aliphatic heterocycles. The minimum atomic E-state index is 0.472. The summed E-state index contributed by atoms with van der Waals surface area (Å²) in [6, 6.07) is 16.0.